The molecule has 0 bridgehead atoms. The Morgan fingerprint density at radius 1 is 1.26 bits per heavy atom. The molecule has 1 aliphatic rings. The highest BCUT2D eigenvalue weighted by atomic mass is 32.2. The fourth-order valence-electron chi connectivity index (χ4n) is 2.51. The van der Waals surface area contributed by atoms with Crippen LogP contribution in [0.2, 0.25) is 0 Å². The minimum Gasteiger partial charge on any atom is -0.382 e. The third-order valence-corrected chi connectivity index (χ3v) is 5.16. The second-order valence-corrected chi connectivity index (χ2v) is 7.78. The molecular formula is C15H32N4O3S. The molecule has 1 aliphatic heterocycles. The predicted octanol–water partition coefficient (Wildman–Crippen LogP) is 0.640. The summed E-state index contributed by atoms with van der Waals surface area (Å²) in [6.45, 7) is 9.15. The van der Waals surface area contributed by atoms with Crippen LogP contribution in [0.1, 0.15) is 33.1 Å². The number of aliphatic imine (C=N–C) groups is 1. The maximum atomic E-state index is 11.5. The van der Waals surface area contributed by atoms with Crippen molar-refractivity contribution in [1.82, 2.24) is 14.9 Å². The average molecular weight is 349 g/mol. The lowest BCUT2D eigenvalue weighted by molar-refractivity contribution is 0.145. The van der Waals surface area contributed by atoms with Crippen LogP contribution in [0, 0.1) is 5.92 Å². The highest BCUT2D eigenvalue weighted by Crippen LogP contribution is 2.19. The summed E-state index contributed by atoms with van der Waals surface area (Å²) in [4.78, 5) is 4.63. The lowest BCUT2D eigenvalue weighted by Gasteiger charge is -2.29. The van der Waals surface area contributed by atoms with Gasteiger partial charge in [0.15, 0.2) is 5.96 Å². The average Bonchev–Trinajstić information content (AvgIpc) is 2.52. The lowest BCUT2D eigenvalue weighted by atomic mass is 9.98. The Morgan fingerprint density at radius 3 is 2.52 bits per heavy atom. The molecule has 0 radical (unpaired) electrons. The first kappa shape index (κ1) is 20.2. The van der Waals surface area contributed by atoms with Crippen LogP contribution >= 0.6 is 0 Å². The zero-order chi connectivity index (χ0) is 17.1. The first-order chi connectivity index (χ1) is 11.0. The molecule has 0 aromatic carbocycles. The molecular weight excluding hydrogens is 316 g/mol. The molecule has 0 aliphatic carbocycles. The Kier molecular flexibility index (Phi) is 9.50. The normalized spacial score (nSPS) is 18.1. The number of nitrogens with one attached hydrogen (secondary N) is 2. The van der Waals surface area contributed by atoms with Crippen molar-refractivity contribution in [2.24, 2.45) is 10.9 Å². The summed E-state index contributed by atoms with van der Waals surface area (Å²) in [6.07, 6.45) is 3.98. The summed E-state index contributed by atoms with van der Waals surface area (Å²) in [5.41, 5.74) is 0. The van der Waals surface area contributed by atoms with E-state index >= 15 is 0 Å². The molecule has 0 spiro atoms. The van der Waals surface area contributed by atoms with Gasteiger partial charge in [0.1, 0.15) is 0 Å². The molecule has 0 amide bonds. The van der Waals surface area contributed by atoms with Crippen molar-refractivity contribution in [3.05, 3.63) is 0 Å². The van der Waals surface area contributed by atoms with Crippen LogP contribution in [-0.2, 0) is 14.8 Å². The maximum Gasteiger partial charge on any atom is 0.211 e. The van der Waals surface area contributed by atoms with Crippen LogP contribution in [0.15, 0.2) is 4.99 Å². The van der Waals surface area contributed by atoms with E-state index in [1.54, 1.807) is 4.31 Å². The standard InChI is InChI=1S/C15H32N4O3S/c1-4-16-15(17-9-6-12-22-5-2)18-13-14-7-10-19(11-8-14)23(3,20)21/h14H,4-13H2,1-3H3,(H2,16,17,18). The van der Waals surface area contributed by atoms with Crippen molar-refractivity contribution in [2.75, 3.05) is 52.2 Å². The zero-order valence-electron chi connectivity index (χ0n) is 14.7. The summed E-state index contributed by atoms with van der Waals surface area (Å²) in [7, 11) is -3.05. The molecule has 136 valence electrons. The van der Waals surface area contributed by atoms with E-state index in [4.69, 9.17) is 4.74 Å². The number of hydrogen-bond donors (Lipinski definition) is 2. The highest BCUT2D eigenvalue weighted by Gasteiger charge is 2.24. The SMILES string of the molecule is CCNC(=NCC1CCN(S(C)(=O)=O)CC1)NCCCOCC. The summed E-state index contributed by atoms with van der Waals surface area (Å²) < 4.78 is 29.9. The molecule has 0 unspecified atom stereocenters. The molecule has 2 N–H and O–H groups in total. The summed E-state index contributed by atoms with van der Waals surface area (Å²) in [6, 6.07) is 0. The second kappa shape index (κ2) is 10.8. The number of rotatable bonds is 9. The van der Waals surface area contributed by atoms with E-state index in [-0.39, 0.29) is 0 Å². The molecule has 1 heterocycles. The smallest absolute Gasteiger partial charge is 0.211 e. The molecule has 1 rings (SSSR count). The van der Waals surface area contributed by atoms with E-state index in [1.165, 1.54) is 6.26 Å². The minimum atomic E-state index is -3.05. The Balaban J connectivity index is 2.33. The molecule has 7 nitrogen and oxygen atoms in total. The largest absolute Gasteiger partial charge is 0.382 e. The minimum absolute atomic E-state index is 0.451. The Hall–Kier alpha value is -0.860. The van der Waals surface area contributed by atoms with Gasteiger partial charge in [0.2, 0.25) is 10.0 Å². The topological polar surface area (TPSA) is 83.0 Å². The number of guanidine groups is 1. The summed E-state index contributed by atoms with van der Waals surface area (Å²) in [5, 5.41) is 6.54. The summed E-state index contributed by atoms with van der Waals surface area (Å²) in [5.74, 6) is 1.28. The second-order valence-electron chi connectivity index (χ2n) is 5.80. The van der Waals surface area contributed by atoms with Crippen molar-refractivity contribution in [2.45, 2.75) is 33.1 Å². The van der Waals surface area contributed by atoms with E-state index in [0.717, 1.165) is 58.1 Å². The van der Waals surface area contributed by atoms with Gasteiger partial charge in [-0.2, -0.15) is 0 Å². The lowest BCUT2D eigenvalue weighted by Crippen LogP contribution is -2.40. The van der Waals surface area contributed by atoms with Crippen LogP contribution in [0.4, 0.5) is 0 Å². The number of ether oxygens (including phenoxy) is 1. The third kappa shape index (κ3) is 8.53. The van der Waals surface area contributed by atoms with Crippen molar-refractivity contribution in [1.29, 1.82) is 0 Å². The molecule has 0 aromatic heterocycles. The zero-order valence-corrected chi connectivity index (χ0v) is 15.5. The van der Waals surface area contributed by atoms with E-state index in [1.807, 2.05) is 13.8 Å². The van der Waals surface area contributed by atoms with Gasteiger partial charge in [-0.25, -0.2) is 12.7 Å². The fourth-order valence-corrected chi connectivity index (χ4v) is 3.39. The fraction of sp³-hybridized carbons (Fsp3) is 0.933. The first-order valence-electron chi connectivity index (χ1n) is 8.52. The monoisotopic (exact) mass is 348 g/mol. The van der Waals surface area contributed by atoms with E-state index < -0.39 is 10.0 Å². The van der Waals surface area contributed by atoms with Gasteiger partial charge in [-0.3, -0.25) is 4.99 Å². The quantitative estimate of drug-likeness (QED) is 0.363. The predicted molar refractivity (Wildman–Crippen MR) is 94.2 cm³/mol. The number of hydrogen-bond acceptors (Lipinski definition) is 4. The molecule has 0 saturated carbocycles. The number of sulfonamides is 1. The van der Waals surface area contributed by atoms with E-state index in [2.05, 4.69) is 15.6 Å². The Morgan fingerprint density at radius 2 is 1.96 bits per heavy atom. The van der Waals surface area contributed by atoms with Gasteiger partial charge in [-0.1, -0.05) is 0 Å². The van der Waals surface area contributed by atoms with E-state index in [0.29, 0.717) is 19.0 Å². The Bertz CT molecular complexity index is 446. The van der Waals surface area contributed by atoms with Crippen LogP contribution in [-0.4, -0.2) is 70.9 Å². The maximum absolute atomic E-state index is 11.5. The number of nitrogens with zero attached hydrogens (tertiary/aromatic N) is 2. The van der Waals surface area contributed by atoms with Crippen LogP contribution < -0.4 is 10.6 Å². The van der Waals surface area contributed by atoms with Crippen LogP contribution in [0.25, 0.3) is 0 Å². The van der Waals surface area contributed by atoms with Gasteiger partial charge in [-0.15, -0.1) is 0 Å². The van der Waals surface area contributed by atoms with Gasteiger partial charge in [0.25, 0.3) is 0 Å². The molecule has 0 aromatic rings. The van der Waals surface area contributed by atoms with Gasteiger partial charge < -0.3 is 15.4 Å². The van der Waals surface area contributed by atoms with Crippen molar-refractivity contribution < 1.29 is 13.2 Å². The van der Waals surface area contributed by atoms with Crippen molar-refractivity contribution >= 4 is 16.0 Å². The van der Waals surface area contributed by atoms with Crippen molar-refractivity contribution in [3.8, 4) is 0 Å². The molecule has 23 heavy (non-hydrogen) atoms. The van der Waals surface area contributed by atoms with Crippen LogP contribution in [0.3, 0.4) is 0 Å². The third-order valence-electron chi connectivity index (χ3n) is 3.86. The van der Waals surface area contributed by atoms with Gasteiger partial charge in [0, 0.05) is 45.9 Å². The first-order valence-corrected chi connectivity index (χ1v) is 10.4. The van der Waals surface area contributed by atoms with Crippen molar-refractivity contribution in [3.63, 3.8) is 0 Å². The van der Waals surface area contributed by atoms with Gasteiger partial charge in [-0.05, 0) is 39.0 Å². The Labute approximate surface area is 140 Å². The molecule has 0 atom stereocenters. The molecule has 1 fully saturated rings. The molecule has 1 saturated heterocycles. The highest BCUT2D eigenvalue weighted by molar-refractivity contribution is 7.88. The van der Waals surface area contributed by atoms with Gasteiger partial charge in [0.05, 0.1) is 6.26 Å². The van der Waals surface area contributed by atoms with E-state index in [9.17, 15) is 8.42 Å². The van der Waals surface area contributed by atoms with Crippen LogP contribution in [0.5, 0.6) is 0 Å². The molecule has 8 heteroatoms. The number of piperidine rings is 1. The summed E-state index contributed by atoms with van der Waals surface area (Å²) >= 11 is 0. The van der Waals surface area contributed by atoms with Gasteiger partial charge >= 0.3 is 0 Å².